The van der Waals surface area contributed by atoms with E-state index in [0.29, 0.717) is 41.2 Å². The van der Waals surface area contributed by atoms with Crippen LogP contribution in [-0.4, -0.2) is 23.0 Å². The Bertz CT molecular complexity index is 1210. The fraction of sp³-hybridized carbons (Fsp3) is 0.292. The zero-order valence-corrected chi connectivity index (χ0v) is 17.4. The van der Waals surface area contributed by atoms with E-state index in [0.717, 1.165) is 5.56 Å². The molecule has 1 aromatic carbocycles. The van der Waals surface area contributed by atoms with Crippen molar-refractivity contribution in [1.29, 1.82) is 0 Å². The van der Waals surface area contributed by atoms with Crippen molar-refractivity contribution in [3.05, 3.63) is 63.8 Å². The van der Waals surface area contributed by atoms with Crippen LogP contribution in [0.4, 0.5) is 0 Å². The van der Waals surface area contributed by atoms with Gasteiger partial charge in [0.15, 0.2) is 5.78 Å². The van der Waals surface area contributed by atoms with Gasteiger partial charge in [0.2, 0.25) is 0 Å². The van der Waals surface area contributed by atoms with Crippen molar-refractivity contribution >= 4 is 5.78 Å². The summed E-state index contributed by atoms with van der Waals surface area (Å²) in [6.45, 7) is 5.63. The van der Waals surface area contributed by atoms with Gasteiger partial charge in [-0.3, -0.25) is 9.78 Å². The molecule has 0 atom stereocenters. The number of nitrogens with zero attached hydrogens (tertiary/aromatic N) is 1. The number of hydrogen-bond donors (Lipinski definition) is 1. The van der Waals surface area contributed by atoms with Gasteiger partial charge in [0, 0.05) is 18.1 Å². The van der Waals surface area contributed by atoms with Crippen LogP contribution in [-0.2, 0) is 6.42 Å². The van der Waals surface area contributed by atoms with Gasteiger partial charge in [0.25, 0.3) is 0 Å². The first-order valence-corrected chi connectivity index (χ1v) is 9.74. The average Bonchev–Trinajstić information content (AvgIpc) is 2.65. The summed E-state index contributed by atoms with van der Waals surface area (Å²) in [7, 11) is 1.59. The van der Waals surface area contributed by atoms with Gasteiger partial charge in [-0.1, -0.05) is 26.0 Å². The molecule has 6 nitrogen and oxygen atoms in total. The third-order valence-corrected chi connectivity index (χ3v) is 5.37. The minimum Gasteiger partial charge on any atom is -0.507 e. The van der Waals surface area contributed by atoms with E-state index < -0.39 is 5.63 Å². The molecule has 1 N–H and O–H groups in total. The Balaban J connectivity index is 2.00. The zero-order chi connectivity index (χ0) is 21.6. The summed E-state index contributed by atoms with van der Waals surface area (Å²) in [5.74, 6) is 0.835. The van der Waals surface area contributed by atoms with Crippen LogP contribution in [0.15, 0.2) is 45.6 Å². The summed E-state index contributed by atoms with van der Waals surface area (Å²) in [5.41, 5.74) is 2.05. The molecule has 1 aliphatic rings. The van der Waals surface area contributed by atoms with E-state index in [1.807, 2.05) is 38.1 Å². The summed E-state index contributed by atoms with van der Waals surface area (Å²) >= 11 is 0. The molecule has 0 spiro atoms. The van der Waals surface area contributed by atoms with Crippen LogP contribution in [0.25, 0.3) is 22.4 Å². The van der Waals surface area contributed by atoms with Gasteiger partial charge < -0.3 is 14.3 Å². The van der Waals surface area contributed by atoms with Crippen molar-refractivity contribution in [2.24, 2.45) is 5.41 Å². The number of carbonyl (C=O) groups excluding carboxylic acids is 1. The fourth-order valence-electron chi connectivity index (χ4n) is 4.03. The summed E-state index contributed by atoms with van der Waals surface area (Å²) in [4.78, 5) is 30.2. The second kappa shape index (κ2) is 7.13. The van der Waals surface area contributed by atoms with E-state index >= 15 is 0 Å². The molecule has 1 aliphatic carbocycles. The van der Waals surface area contributed by atoms with E-state index in [2.05, 4.69) is 4.98 Å². The highest BCUT2D eigenvalue weighted by Gasteiger charge is 2.34. The predicted molar refractivity (Wildman–Crippen MR) is 113 cm³/mol. The molecule has 0 saturated heterocycles. The van der Waals surface area contributed by atoms with E-state index in [1.165, 1.54) is 6.07 Å². The molecule has 4 rings (SSSR count). The second-order valence-corrected chi connectivity index (χ2v) is 8.45. The lowest BCUT2D eigenvalue weighted by atomic mass is 9.74. The van der Waals surface area contributed by atoms with Crippen LogP contribution in [0.5, 0.6) is 11.5 Å². The van der Waals surface area contributed by atoms with Crippen LogP contribution in [0.2, 0.25) is 0 Å². The van der Waals surface area contributed by atoms with Crippen LogP contribution in [0, 0.1) is 12.3 Å². The number of Topliss-reactive ketones (excluding diaryl/α,β-unsaturated/α-hetero) is 1. The Morgan fingerprint density at radius 3 is 2.40 bits per heavy atom. The number of hydrogen-bond acceptors (Lipinski definition) is 6. The molecule has 2 heterocycles. The van der Waals surface area contributed by atoms with E-state index in [-0.39, 0.29) is 28.2 Å². The quantitative estimate of drug-likeness (QED) is 0.688. The molecule has 0 saturated carbocycles. The van der Waals surface area contributed by atoms with Crippen LogP contribution < -0.4 is 10.4 Å². The number of rotatable bonds is 3. The average molecular weight is 405 g/mol. The molecule has 0 unspecified atom stereocenters. The first-order chi connectivity index (χ1) is 14.2. The Hall–Kier alpha value is -3.41. The molecule has 154 valence electrons. The maximum Gasteiger partial charge on any atom is 0.349 e. The number of pyridine rings is 1. The number of ether oxygens (including phenoxy) is 1. The molecular formula is C24H23NO5. The van der Waals surface area contributed by atoms with Crippen molar-refractivity contribution < 1.29 is 19.1 Å². The Morgan fingerprint density at radius 1 is 1.07 bits per heavy atom. The summed E-state index contributed by atoms with van der Waals surface area (Å²) in [6, 6.07) is 10.4. The smallest absolute Gasteiger partial charge is 0.349 e. The number of aryl methyl sites for hydroxylation is 1. The lowest BCUT2D eigenvalue weighted by molar-refractivity contribution is 0.0911. The summed E-state index contributed by atoms with van der Waals surface area (Å²) in [5, 5.41) is 10.4. The van der Waals surface area contributed by atoms with Gasteiger partial charge in [-0.25, -0.2) is 4.79 Å². The van der Waals surface area contributed by atoms with Crippen molar-refractivity contribution in [3.8, 4) is 33.9 Å². The molecule has 0 fully saturated rings. The van der Waals surface area contributed by atoms with Gasteiger partial charge in [0.05, 0.1) is 18.5 Å². The number of carbonyl (C=O) groups is 1. The molecule has 30 heavy (non-hydrogen) atoms. The minimum absolute atomic E-state index is 0.00556. The molecular weight excluding hydrogens is 382 g/mol. The molecule has 6 heteroatoms. The first kappa shape index (κ1) is 19.9. The highest BCUT2D eigenvalue weighted by Crippen LogP contribution is 2.40. The summed E-state index contributed by atoms with van der Waals surface area (Å²) in [6.07, 6.45) is 1.01. The predicted octanol–water partition coefficient (Wildman–Crippen LogP) is 4.55. The van der Waals surface area contributed by atoms with Gasteiger partial charge in [0.1, 0.15) is 22.8 Å². The fourth-order valence-corrected chi connectivity index (χ4v) is 4.03. The number of aromatic nitrogens is 1. The van der Waals surface area contributed by atoms with Crippen LogP contribution in [0.1, 0.15) is 42.1 Å². The minimum atomic E-state index is -0.665. The number of methoxy groups -OCH3 is 1. The first-order valence-electron chi connectivity index (χ1n) is 9.74. The second-order valence-electron chi connectivity index (χ2n) is 8.45. The molecule has 0 radical (unpaired) electrons. The van der Waals surface area contributed by atoms with E-state index in [1.54, 1.807) is 20.1 Å². The standard InChI is InChI=1S/C24H23NO5/c1-13-9-19(26)22(23(28)30-13)17-10-16(14-5-7-15(29-4)8-6-14)21-18(25-17)11-24(2,3)12-20(21)27/h5-10,26H,11-12H2,1-4H3. The van der Waals surface area contributed by atoms with Gasteiger partial charge in [-0.2, -0.15) is 0 Å². The Labute approximate surface area is 174 Å². The third-order valence-electron chi connectivity index (χ3n) is 5.37. The largest absolute Gasteiger partial charge is 0.507 e. The van der Waals surface area contributed by atoms with Crippen LogP contribution >= 0.6 is 0 Å². The zero-order valence-electron chi connectivity index (χ0n) is 17.4. The van der Waals surface area contributed by atoms with E-state index in [9.17, 15) is 14.7 Å². The van der Waals surface area contributed by atoms with Crippen molar-refractivity contribution in [2.45, 2.75) is 33.6 Å². The van der Waals surface area contributed by atoms with E-state index in [4.69, 9.17) is 9.15 Å². The number of aromatic hydroxyl groups is 1. The molecule has 0 bridgehead atoms. The highest BCUT2D eigenvalue weighted by atomic mass is 16.5. The van der Waals surface area contributed by atoms with Gasteiger partial charge in [-0.15, -0.1) is 0 Å². The third kappa shape index (κ3) is 3.49. The normalized spacial score (nSPS) is 15.0. The number of fused-ring (bicyclic) bond motifs is 1. The monoisotopic (exact) mass is 405 g/mol. The van der Waals surface area contributed by atoms with Crippen LogP contribution in [0.3, 0.4) is 0 Å². The molecule has 0 amide bonds. The maximum absolute atomic E-state index is 13.1. The van der Waals surface area contributed by atoms with Gasteiger partial charge >= 0.3 is 5.63 Å². The van der Waals surface area contributed by atoms with Crippen molar-refractivity contribution in [1.82, 2.24) is 4.98 Å². The molecule has 3 aromatic rings. The lowest BCUT2D eigenvalue weighted by Gasteiger charge is -2.31. The van der Waals surface area contributed by atoms with Crippen molar-refractivity contribution in [3.63, 3.8) is 0 Å². The number of benzene rings is 1. The molecule has 0 aliphatic heterocycles. The topological polar surface area (TPSA) is 89.6 Å². The van der Waals surface area contributed by atoms with Gasteiger partial charge in [-0.05, 0) is 48.1 Å². The Kier molecular flexibility index (Phi) is 4.73. The number of ketones is 1. The highest BCUT2D eigenvalue weighted by molar-refractivity contribution is 6.05. The summed E-state index contributed by atoms with van der Waals surface area (Å²) < 4.78 is 10.4. The maximum atomic E-state index is 13.1. The lowest BCUT2D eigenvalue weighted by Crippen LogP contribution is -2.28. The molecule has 2 aromatic heterocycles. The van der Waals surface area contributed by atoms with Crippen molar-refractivity contribution in [2.75, 3.05) is 7.11 Å². The SMILES string of the molecule is COc1ccc(-c2cc(-c3c(O)cc(C)oc3=O)nc3c2C(=O)CC(C)(C)C3)cc1. The Morgan fingerprint density at radius 2 is 1.77 bits per heavy atom.